The van der Waals surface area contributed by atoms with Gasteiger partial charge in [-0.1, -0.05) is 6.07 Å². The molecule has 3 heterocycles. The number of nitrogens with zero attached hydrogens (tertiary/aromatic N) is 6. The maximum absolute atomic E-state index is 12.9. The second-order valence-corrected chi connectivity index (χ2v) is 9.87. The quantitative estimate of drug-likeness (QED) is 0.508. The summed E-state index contributed by atoms with van der Waals surface area (Å²) in [6, 6.07) is 9.54. The zero-order chi connectivity index (χ0) is 22.0. The number of piperazine rings is 1. The fourth-order valence-electron chi connectivity index (χ4n) is 4.14. The van der Waals surface area contributed by atoms with Gasteiger partial charge >= 0.3 is 0 Å². The molecule has 1 aromatic heterocycles. The number of hydrogen-bond donors (Lipinski definition) is 0. The molecule has 2 fully saturated rings. The molecule has 0 unspecified atom stereocenters. The number of non-ortho nitro benzene ring substituents is 1. The Balaban J connectivity index is 1.41. The van der Waals surface area contributed by atoms with Gasteiger partial charge in [-0.15, -0.1) is 10.2 Å². The summed E-state index contributed by atoms with van der Waals surface area (Å²) in [7, 11) is -3.79. The van der Waals surface area contributed by atoms with E-state index in [1.165, 1.54) is 28.9 Å². The highest BCUT2D eigenvalue weighted by molar-refractivity contribution is 7.89. The average Bonchev–Trinajstić information content (AvgIpc) is 2.80. The molecule has 0 bridgehead atoms. The zero-order valence-electron chi connectivity index (χ0n) is 17.4. The van der Waals surface area contributed by atoms with Crippen LogP contribution in [0.3, 0.4) is 0 Å². The van der Waals surface area contributed by atoms with Crippen LogP contribution in [0.5, 0.6) is 0 Å². The Morgan fingerprint density at radius 2 is 1.71 bits per heavy atom. The number of rotatable bonds is 5. The number of sulfonamides is 1. The first-order valence-electron chi connectivity index (χ1n) is 10.5. The highest BCUT2D eigenvalue weighted by atomic mass is 32.2. The summed E-state index contributed by atoms with van der Waals surface area (Å²) in [5.41, 5.74) is -0.238. The van der Waals surface area contributed by atoms with E-state index in [0.717, 1.165) is 37.1 Å². The van der Waals surface area contributed by atoms with E-state index < -0.39 is 14.9 Å². The first kappa shape index (κ1) is 21.4. The van der Waals surface area contributed by atoms with E-state index in [1.54, 1.807) is 0 Å². The van der Waals surface area contributed by atoms with Crippen LogP contribution >= 0.6 is 0 Å². The van der Waals surface area contributed by atoms with E-state index in [2.05, 4.69) is 22.0 Å². The predicted molar refractivity (Wildman–Crippen MR) is 117 cm³/mol. The SMILES string of the molecule is C[C@H]1CCCCN1c1ccc(N2CCN(S(=O)(=O)c3cccc([N+](=O)[O-])c3)CC2)nn1. The molecule has 2 aliphatic heterocycles. The van der Waals surface area contributed by atoms with Gasteiger partial charge in [-0.2, -0.15) is 4.31 Å². The van der Waals surface area contributed by atoms with Crippen molar-refractivity contribution < 1.29 is 13.3 Å². The number of nitro benzene ring substituents is 1. The molecule has 0 radical (unpaired) electrons. The monoisotopic (exact) mass is 446 g/mol. The Kier molecular flexibility index (Phi) is 6.05. The third-order valence-electron chi connectivity index (χ3n) is 5.96. The lowest BCUT2D eigenvalue weighted by molar-refractivity contribution is -0.385. The van der Waals surface area contributed by atoms with Crippen LogP contribution in [0.2, 0.25) is 0 Å². The molecule has 11 heteroatoms. The number of hydrogen-bond acceptors (Lipinski definition) is 8. The van der Waals surface area contributed by atoms with Crippen molar-refractivity contribution in [1.82, 2.24) is 14.5 Å². The van der Waals surface area contributed by atoms with Gasteiger partial charge in [-0.3, -0.25) is 10.1 Å². The van der Waals surface area contributed by atoms with Crippen LogP contribution in [0, 0.1) is 10.1 Å². The van der Waals surface area contributed by atoms with Crippen LogP contribution in [0.1, 0.15) is 26.2 Å². The van der Waals surface area contributed by atoms with Gasteiger partial charge in [0.25, 0.3) is 5.69 Å². The molecule has 0 saturated carbocycles. The van der Waals surface area contributed by atoms with Crippen molar-refractivity contribution in [1.29, 1.82) is 0 Å². The summed E-state index contributed by atoms with van der Waals surface area (Å²) in [6.45, 7) is 4.69. The average molecular weight is 447 g/mol. The maximum atomic E-state index is 12.9. The van der Waals surface area contributed by atoms with Crippen LogP contribution < -0.4 is 9.80 Å². The van der Waals surface area contributed by atoms with Crippen molar-refractivity contribution in [2.75, 3.05) is 42.5 Å². The van der Waals surface area contributed by atoms with Crippen LogP contribution in [-0.2, 0) is 10.0 Å². The number of aromatic nitrogens is 2. The second-order valence-electron chi connectivity index (χ2n) is 7.93. The van der Waals surface area contributed by atoms with Crippen LogP contribution in [0.4, 0.5) is 17.3 Å². The molecular weight excluding hydrogens is 420 g/mol. The molecule has 31 heavy (non-hydrogen) atoms. The van der Waals surface area contributed by atoms with E-state index in [1.807, 2.05) is 17.0 Å². The van der Waals surface area contributed by atoms with Crippen LogP contribution in [0.15, 0.2) is 41.3 Å². The Morgan fingerprint density at radius 3 is 2.35 bits per heavy atom. The topological polar surface area (TPSA) is 113 Å². The summed E-state index contributed by atoms with van der Waals surface area (Å²) in [5.74, 6) is 1.60. The lowest BCUT2D eigenvalue weighted by Crippen LogP contribution is -2.49. The lowest BCUT2D eigenvalue weighted by atomic mass is 10.0. The van der Waals surface area contributed by atoms with Gasteiger partial charge in [0.05, 0.1) is 9.82 Å². The Bertz CT molecular complexity index is 1040. The number of piperidine rings is 1. The maximum Gasteiger partial charge on any atom is 0.270 e. The van der Waals surface area contributed by atoms with Crippen LogP contribution in [-0.4, -0.2) is 66.6 Å². The number of nitro groups is 1. The molecule has 1 atom stereocenters. The predicted octanol–water partition coefficient (Wildman–Crippen LogP) is 2.27. The number of anilines is 2. The molecule has 10 nitrogen and oxygen atoms in total. The first-order chi connectivity index (χ1) is 14.9. The van der Waals surface area contributed by atoms with E-state index in [9.17, 15) is 18.5 Å². The summed E-state index contributed by atoms with van der Waals surface area (Å²) in [6.07, 6.45) is 3.56. The van der Waals surface area contributed by atoms with Gasteiger partial charge in [-0.05, 0) is 44.4 Å². The van der Waals surface area contributed by atoms with Crippen LogP contribution in [0.25, 0.3) is 0 Å². The van der Waals surface area contributed by atoms with Crippen molar-refractivity contribution in [3.8, 4) is 0 Å². The highest BCUT2D eigenvalue weighted by Gasteiger charge is 2.30. The summed E-state index contributed by atoms with van der Waals surface area (Å²) < 4.78 is 27.2. The van der Waals surface area contributed by atoms with Gasteiger partial charge < -0.3 is 9.80 Å². The summed E-state index contributed by atoms with van der Waals surface area (Å²) in [4.78, 5) is 14.6. The molecule has 0 aliphatic carbocycles. The molecule has 2 saturated heterocycles. The standard InChI is InChI=1S/C20H26N6O4S/c1-16-5-2-3-10-25(16)20-9-8-19(21-22-20)23-11-13-24(14-12-23)31(29,30)18-7-4-6-17(15-18)26(27)28/h4,6-9,15-16H,2-3,5,10-14H2,1H3/t16-/m0/s1. The molecule has 2 aromatic rings. The lowest BCUT2D eigenvalue weighted by Gasteiger charge is -2.35. The number of benzene rings is 1. The molecular formula is C20H26N6O4S. The minimum absolute atomic E-state index is 0.0602. The van der Waals surface area contributed by atoms with Gasteiger partial charge in [0, 0.05) is 50.9 Å². The molecule has 0 N–H and O–H groups in total. The Hall–Kier alpha value is -2.79. The van der Waals surface area contributed by atoms with Crippen molar-refractivity contribution in [3.63, 3.8) is 0 Å². The molecule has 166 valence electrons. The third kappa shape index (κ3) is 4.47. The molecule has 4 rings (SSSR count). The Labute approximate surface area is 181 Å². The minimum Gasteiger partial charge on any atom is -0.352 e. The fraction of sp³-hybridized carbons (Fsp3) is 0.500. The van der Waals surface area contributed by atoms with Gasteiger partial charge in [0.15, 0.2) is 11.6 Å². The van der Waals surface area contributed by atoms with E-state index in [-0.39, 0.29) is 23.7 Å². The smallest absolute Gasteiger partial charge is 0.270 e. The summed E-state index contributed by atoms with van der Waals surface area (Å²) in [5, 5.41) is 19.8. The Morgan fingerprint density at radius 1 is 1.00 bits per heavy atom. The van der Waals surface area contributed by atoms with Crippen molar-refractivity contribution in [2.45, 2.75) is 37.1 Å². The normalized spacial score (nSPS) is 20.6. The van der Waals surface area contributed by atoms with Gasteiger partial charge in [-0.25, -0.2) is 8.42 Å². The van der Waals surface area contributed by atoms with E-state index in [0.29, 0.717) is 19.1 Å². The first-order valence-corrected chi connectivity index (χ1v) is 11.9. The zero-order valence-corrected chi connectivity index (χ0v) is 18.2. The largest absolute Gasteiger partial charge is 0.352 e. The summed E-state index contributed by atoms with van der Waals surface area (Å²) >= 11 is 0. The van der Waals surface area contributed by atoms with E-state index >= 15 is 0 Å². The highest BCUT2D eigenvalue weighted by Crippen LogP contribution is 2.25. The molecule has 2 aliphatic rings. The minimum atomic E-state index is -3.79. The second kappa shape index (κ2) is 8.75. The molecule has 0 spiro atoms. The van der Waals surface area contributed by atoms with Crippen molar-refractivity contribution in [2.24, 2.45) is 0 Å². The van der Waals surface area contributed by atoms with Gasteiger partial charge in [0.1, 0.15) is 0 Å². The van der Waals surface area contributed by atoms with E-state index in [4.69, 9.17) is 0 Å². The molecule has 0 amide bonds. The molecule has 1 aromatic carbocycles. The van der Waals surface area contributed by atoms with Crippen molar-refractivity contribution in [3.05, 3.63) is 46.5 Å². The fourth-order valence-corrected chi connectivity index (χ4v) is 5.61. The third-order valence-corrected chi connectivity index (χ3v) is 7.86. The van der Waals surface area contributed by atoms with Gasteiger partial charge in [0.2, 0.25) is 10.0 Å². The van der Waals surface area contributed by atoms with Crippen molar-refractivity contribution >= 4 is 27.3 Å².